The smallest absolute Gasteiger partial charge is 0.194 e. The van der Waals surface area contributed by atoms with Crippen LogP contribution in [0.4, 0.5) is 0 Å². The number of hydrogen-bond donors (Lipinski definition) is 1. The summed E-state index contributed by atoms with van der Waals surface area (Å²) in [5.74, 6) is 1.78. The largest absolute Gasteiger partial charge is 0.467 e. The van der Waals surface area contributed by atoms with Crippen LogP contribution in [-0.2, 0) is 11.3 Å². The van der Waals surface area contributed by atoms with Crippen LogP contribution in [0.2, 0.25) is 0 Å². The van der Waals surface area contributed by atoms with Crippen molar-refractivity contribution < 1.29 is 9.15 Å². The predicted octanol–water partition coefficient (Wildman–Crippen LogP) is 2.74. The van der Waals surface area contributed by atoms with Crippen molar-refractivity contribution in [3.8, 4) is 0 Å². The maximum atomic E-state index is 5.98. The zero-order chi connectivity index (χ0) is 16.1. The van der Waals surface area contributed by atoms with Gasteiger partial charge in [-0.2, -0.15) is 0 Å². The third-order valence-corrected chi connectivity index (χ3v) is 4.11. The third-order valence-electron chi connectivity index (χ3n) is 4.11. The minimum absolute atomic E-state index is 0.0760. The van der Waals surface area contributed by atoms with Gasteiger partial charge in [0.1, 0.15) is 11.9 Å². The third kappa shape index (κ3) is 3.74. The first-order chi connectivity index (χ1) is 11.3. The van der Waals surface area contributed by atoms with Crippen LogP contribution in [0.25, 0.3) is 0 Å². The molecule has 0 saturated carbocycles. The number of aliphatic imine (C=N–C) groups is 1. The Morgan fingerprint density at radius 1 is 1.30 bits per heavy atom. The van der Waals surface area contributed by atoms with Crippen LogP contribution >= 0.6 is 0 Å². The second-order valence-electron chi connectivity index (χ2n) is 5.64. The molecule has 0 spiro atoms. The Hall–Kier alpha value is -2.27. The second kappa shape index (κ2) is 7.33. The summed E-state index contributed by atoms with van der Waals surface area (Å²) >= 11 is 0. The number of guanidine groups is 1. The van der Waals surface area contributed by atoms with Crippen molar-refractivity contribution in [1.82, 2.24) is 10.2 Å². The lowest BCUT2D eigenvalue weighted by molar-refractivity contribution is -0.00836. The molecule has 23 heavy (non-hydrogen) atoms. The van der Waals surface area contributed by atoms with Crippen molar-refractivity contribution in [1.29, 1.82) is 0 Å². The summed E-state index contributed by atoms with van der Waals surface area (Å²) < 4.78 is 11.3. The lowest BCUT2D eigenvalue weighted by atomic mass is 10.0. The van der Waals surface area contributed by atoms with E-state index in [1.807, 2.05) is 19.2 Å². The normalized spacial score (nSPS) is 19.0. The van der Waals surface area contributed by atoms with Crippen LogP contribution < -0.4 is 5.32 Å². The molecule has 2 aromatic rings. The van der Waals surface area contributed by atoms with Gasteiger partial charge >= 0.3 is 0 Å². The van der Waals surface area contributed by atoms with Crippen LogP contribution in [0.15, 0.2) is 52.1 Å². The topological polar surface area (TPSA) is 50.0 Å². The summed E-state index contributed by atoms with van der Waals surface area (Å²) in [5, 5.41) is 3.35. The average molecular weight is 313 g/mol. The molecule has 2 heterocycles. The highest BCUT2D eigenvalue weighted by Crippen LogP contribution is 2.24. The van der Waals surface area contributed by atoms with Crippen molar-refractivity contribution in [2.75, 3.05) is 26.7 Å². The van der Waals surface area contributed by atoms with E-state index in [4.69, 9.17) is 9.15 Å². The molecule has 122 valence electrons. The van der Waals surface area contributed by atoms with Gasteiger partial charge < -0.3 is 19.4 Å². The van der Waals surface area contributed by atoms with E-state index in [9.17, 15) is 0 Å². The quantitative estimate of drug-likeness (QED) is 0.699. The molecule has 1 aliphatic heterocycles. The monoisotopic (exact) mass is 313 g/mol. The molecule has 0 radical (unpaired) electrons. The van der Waals surface area contributed by atoms with Crippen LogP contribution in [-0.4, -0.2) is 37.6 Å². The minimum Gasteiger partial charge on any atom is -0.467 e. The fourth-order valence-electron chi connectivity index (χ4n) is 2.89. The molecule has 5 nitrogen and oxygen atoms in total. The maximum Gasteiger partial charge on any atom is 0.194 e. The summed E-state index contributed by atoms with van der Waals surface area (Å²) in [6.45, 7) is 5.08. The number of rotatable bonds is 3. The Balaban J connectivity index is 1.66. The van der Waals surface area contributed by atoms with E-state index in [1.54, 1.807) is 6.26 Å². The Morgan fingerprint density at radius 3 is 2.91 bits per heavy atom. The van der Waals surface area contributed by atoms with Gasteiger partial charge in [-0.25, -0.2) is 0 Å². The van der Waals surface area contributed by atoms with Crippen molar-refractivity contribution in [3.05, 3.63) is 59.5 Å². The summed E-state index contributed by atoms with van der Waals surface area (Å²) in [7, 11) is 1.81. The standard InChI is InChI=1S/C18H23N3O2/c1-14-6-3-4-8-16(14)17-13-21(9-11-23-17)18(19-2)20-12-15-7-5-10-22-15/h3-8,10,17H,9,11-13H2,1-2H3,(H,19,20). The molecule has 1 atom stereocenters. The Bertz CT molecular complexity index is 652. The van der Waals surface area contributed by atoms with E-state index in [0.29, 0.717) is 13.2 Å². The molecule has 5 heteroatoms. The number of nitrogens with zero attached hydrogens (tertiary/aromatic N) is 2. The van der Waals surface area contributed by atoms with E-state index in [1.165, 1.54) is 11.1 Å². The van der Waals surface area contributed by atoms with E-state index < -0.39 is 0 Å². The van der Waals surface area contributed by atoms with Crippen LogP contribution in [0.5, 0.6) is 0 Å². The Labute approximate surface area is 137 Å². The van der Waals surface area contributed by atoms with Gasteiger partial charge in [-0.15, -0.1) is 0 Å². The highest BCUT2D eigenvalue weighted by atomic mass is 16.5. The van der Waals surface area contributed by atoms with Crippen molar-refractivity contribution in [3.63, 3.8) is 0 Å². The first-order valence-electron chi connectivity index (χ1n) is 7.93. The molecule has 0 amide bonds. The van der Waals surface area contributed by atoms with E-state index in [2.05, 4.69) is 46.4 Å². The van der Waals surface area contributed by atoms with Crippen LogP contribution in [0, 0.1) is 6.92 Å². The zero-order valence-electron chi connectivity index (χ0n) is 13.7. The van der Waals surface area contributed by atoms with Crippen LogP contribution in [0.1, 0.15) is 23.0 Å². The van der Waals surface area contributed by atoms with Gasteiger partial charge in [-0.05, 0) is 30.2 Å². The Morgan fingerprint density at radius 2 is 2.17 bits per heavy atom. The molecule has 1 N–H and O–H groups in total. The van der Waals surface area contributed by atoms with Gasteiger partial charge in [0.2, 0.25) is 0 Å². The molecule has 0 aliphatic carbocycles. The molecular formula is C18H23N3O2. The van der Waals surface area contributed by atoms with Crippen molar-refractivity contribution in [2.45, 2.75) is 19.6 Å². The van der Waals surface area contributed by atoms with Gasteiger partial charge in [0.15, 0.2) is 5.96 Å². The van der Waals surface area contributed by atoms with Crippen molar-refractivity contribution >= 4 is 5.96 Å². The molecule has 1 aromatic heterocycles. The average Bonchev–Trinajstić information content (AvgIpc) is 3.10. The van der Waals surface area contributed by atoms with E-state index >= 15 is 0 Å². The summed E-state index contributed by atoms with van der Waals surface area (Å²) in [6, 6.07) is 12.2. The SMILES string of the molecule is CN=C(NCc1ccco1)N1CCOC(c2ccccc2C)C1. The number of morpholine rings is 1. The van der Waals surface area contributed by atoms with Crippen molar-refractivity contribution in [2.24, 2.45) is 4.99 Å². The summed E-state index contributed by atoms with van der Waals surface area (Å²) in [4.78, 5) is 6.64. The molecule has 1 aliphatic rings. The second-order valence-corrected chi connectivity index (χ2v) is 5.64. The molecule has 0 bridgehead atoms. The predicted molar refractivity (Wildman–Crippen MR) is 90.4 cm³/mol. The molecular weight excluding hydrogens is 290 g/mol. The van der Waals surface area contributed by atoms with Gasteiger partial charge in [0, 0.05) is 13.6 Å². The summed E-state index contributed by atoms with van der Waals surface area (Å²) in [6.07, 6.45) is 1.76. The number of nitrogens with one attached hydrogen (secondary N) is 1. The van der Waals surface area contributed by atoms with Gasteiger partial charge in [0.25, 0.3) is 0 Å². The molecule has 1 fully saturated rings. The molecule has 3 rings (SSSR count). The molecule has 1 aromatic carbocycles. The fourth-order valence-corrected chi connectivity index (χ4v) is 2.89. The lowest BCUT2D eigenvalue weighted by Crippen LogP contribution is -2.48. The number of ether oxygens (including phenoxy) is 1. The van der Waals surface area contributed by atoms with Gasteiger partial charge in [-0.1, -0.05) is 24.3 Å². The van der Waals surface area contributed by atoms with E-state index in [0.717, 1.165) is 24.8 Å². The van der Waals surface area contributed by atoms with Gasteiger partial charge in [0.05, 0.1) is 26.0 Å². The summed E-state index contributed by atoms with van der Waals surface area (Å²) in [5.41, 5.74) is 2.51. The highest BCUT2D eigenvalue weighted by molar-refractivity contribution is 5.80. The minimum atomic E-state index is 0.0760. The molecule has 1 saturated heterocycles. The number of hydrogen-bond acceptors (Lipinski definition) is 3. The lowest BCUT2D eigenvalue weighted by Gasteiger charge is -2.35. The molecule has 1 unspecified atom stereocenters. The fraction of sp³-hybridized carbons (Fsp3) is 0.389. The number of aryl methyl sites for hydroxylation is 1. The van der Waals surface area contributed by atoms with E-state index in [-0.39, 0.29) is 6.10 Å². The number of benzene rings is 1. The highest BCUT2D eigenvalue weighted by Gasteiger charge is 2.25. The Kier molecular flexibility index (Phi) is 4.98. The zero-order valence-corrected chi connectivity index (χ0v) is 13.7. The van der Waals surface area contributed by atoms with Gasteiger partial charge in [-0.3, -0.25) is 4.99 Å². The first kappa shape index (κ1) is 15.6. The van der Waals surface area contributed by atoms with Crippen LogP contribution in [0.3, 0.4) is 0 Å². The number of furan rings is 1. The first-order valence-corrected chi connectivity index (χ1v) is 7.93. The maximum absolute atomic E-state index is 5.98.